The van der Waals surface area contributed by atoms with E-state index in [1.807, 2.05) is 6.92 Å². The Labute approximate surface area is 203 Å². The number of Topliss-reactive ketones (excluding diaryl/α,β-unsaturated/α-hetero) is 1. The van der Waals surface area contributed by atoms with Gasteiger partial charge in [0, 0.05) is 49.7 Å². The molecule has 3 rings (SSSR count). The smallest absolute Gasteiger partial charge is 0.229 e. The number of nitrogens with one attached hydrogen (secondary N) is 1. The molecule has 0 aromatic heterocycles. The monoisotopic (exact) mass is 477 g/mol. The highest BCUT2D eigenvalue weighted by Crippen LogP contribution is 2.35. The quantitative estimate of drug-likeness (QED) is 0.345. The van der Waals surface area contributed by atoms with Crippen LogP contribution in [-0.4, -0.2) is 58.2 Å². The number of likely N-dealkylation sites (tertiary alicyclic amines) is 1. The van der Waals surface area contributed by atoms with Gasteiger partial charge in [0.05, 0.1) is 6.10 Å². The topological polar surface area (TPSA) is 130 Å². The first kappa shape index (κ1) is 26.8. The van der Waals surface area contributed by atoms with E-state index >= 15 is 0 Å². The van der Waals surface area contributed by atoms with Crippen LogP contribution in [0.2, 0.25) is 0 Å². The van der Waals surface area contributed by atoms with E-state index in [2.05, 4.69) is 12.2 Å². The zero-order chi connectivity index (χ0) is 24.8. The van der Waals surface area contributed by atoms with Crippen molar-refractivity contribution >= 4 is 23.5 Å². The second-order valence-corrected chi connectivity index (χ2v) is 11.1. The van der Waals surface area contributed by atoms with Crippen LogP contribution >= 0.6 is 0 Å². The minimum Gasteiger partial charge on any atom is -0.392 e. The molecule has 4 atom stereocenters. The van der Waals surface area contributed by atoms with Crippen LogP contribution in [0.4, 0.5) is 0 Å². The lowest BCUT2D eigenvalue weighted by Gasteiger charge is -2.36. The highest BCUT2D eigenvalue weighted by molar-refractivity contribution is 5.97. The summed E-state index contributed by atoms with van der Waals surface area (Å²) < 4.78 is 0. The minimum atomic E-state index is -0.798. The van der Waals surface area contributed by atoms with Crippen LogP contribution in [0.3, 0.4) is 0 Å². The van der Waals surface area contributed by atoms with Crippen LogP contribution in [0, 0.1) is 23.7 Å². The number of aliphatic hydroxyl groups excluding tert-OH is 1. The van der Waals surface area contributed by atoms with Crippen molar-refractivity contribution in [3.63, 3.8) is 0 Å². The Morgan fingerprint density at radius 2 is 1.71 bits per heavy atom. The zero-order valence-corrected chi connectivity index (χ0v) is 20.8. The normalized spacial score (nSPS) is 32.1. The standard InChI is InChI=1S/C26H43N3O5/c1-16-11-17(2)26(34)21(12-16)22(30)13-18-14-24(32)29(25(33)15-18)10-4-3-5-23(31)28-20-8-6-19(27)7-9-20/h16-22,30H,3-15,27H2,1-2H3,(H,28,31)/t16-,17-,19?,20?,21?,22?/m0/s1. The van der Waals surface area contributed by atoms with Crippen molar-refractivity contribution in [1.29, 1.82) is 0 Å². The van der Waals surface area contributed by atoms with Gasteiger partial charge in [-0.1, -0.05) is 13.8 Å². The number of nitrogens with zero attached hydrogens (tertiary/aromatic N) is 1. The number of ketones is 1. The van der Waals surface area contributed by atoms with Crippen molar-refractivity contribution in [2.45, 2.75) is 109 Å². The molecule has 1 heterocycles. The van der Waals surface area contributed by atoms with Crippen molar-refractivity contribution in [2.75, 3.05) is 6.54 Å². The Bertz CT molecular complexity index is 731. The third kappa shape index (κ3) is 7.35. The number of carbonyl (C=O) groups excluding carboxylic acids is 4. The van der Waals surface area contributed by atoms with Crippen molar-refractivity contribution < 1.29 is 24.3 Å². The van der Waals surface area contributed by atoms with Crippen molar-refractivity contribution in [3.8, 4) is 0 Å². The average molecular weight is 478 g/mol. The number of imide groups is 1. The van der Waals surface area contributed by atoms with Crippen LogP contribution in [0.1, 0.15) is 90.9 Å². The SMILES string of the molecule is C[C@@H]1CC(C(O)CC2CC(=O)N(CCCCC(=O)NC3CCC(N)CC3)C(=O)C2)C(=O)[C@@H](C)C1. The molecule has 2 unspecified atom stereocenters. The Hall–Kier alpha value is -1.80. The van der Waals surface area contributed by atoms with Crippen molar-refractivity contribution in [1.82, 2.24) is 10.2 Å². The first-order chi connectivity index (χ1) is 16.1. The van der Waals surface area contributed by atoms with E-state index in [1.165, 1.54) is 4.90 Å². The number of amides is 3. The lowest BCUT2D eigenvalue weighted by Crippen LogP contribution is -2.45. The number of piperidine rings is 1. The van der Waals surface area contributed by atoms with E-state index in [-0.39, 0.29) is 60.3 Å². The fourth-order valence-corrected chi connectivity index (χ4v) is 6.04. The molecule has 3 amide bonds. The number of carbonyl (C=O) groups is 4. The molecule has 1 saturated heterocycles. The van der Waals surface area contributed by atoms with Gasteiger partial charge in [0.25, 0.3) is 0 Å². The molecule has 3 fully saturated rings. The molecule has 0 aromatic carbocycles. The molecule has 0 radical (unpaired) electrons. The third-order valence-electron chi connectivity index (χ3n) is 8.00. The Morgan fingerprint density at radius 3 is 2.35 bits per heavy atom. The fourth-order valence-electron chi connectivity index (χ4n) is 6.04. The summed E-state index contributed by atoms with van der Waals surface area (Å²) in [4.78, 5) is 51.2. The van der Waals surface area contributed by atoms with Crippen molar-refractivity contribution in [3.05, 3.63) is 0 Å². The molecule has 0 aromatic rings. The predicted octanol–water partition coefficient (Wildman–Crippen LogP) is 2.31. The van der Waals surface area contributed by atoms with Crippen LogP contribution in [0.25, 0.3) is 0 Å². The summed E-state index contributed by atoms with van der Waals surface area (Å²) in [6, 6.07) is 0.456. The summed E-state index contributed by atoms with van der Waals surface area (Å²) in [6.07, 6.45) is 6.83. The van der Waals surface area contributed by atoms with Gasteiger partial charge in [0.1, 0.15) is 5.78 Å². The summed E-state index contributed by atoms with van der Waals surface area (Å²) in [5.41, 5.74) is 5.90. The van der Waals surface area contributed by atoms with Gasteiger partial charge in [-0.15, -0.1) is 0 Å². The average Bonchev–Trinajstić information content (AvgIpc) is 2.76. The zero-order valence-electron chi connectivity index (χ0n) is 20.8. The predicted molar refractivity (Wildman–Crippen MR) is 128 cm³/mol. The van der Waals surface area contributed by atoms with Gasteiger partial charge in [-0.2, -0.15) is 0 Å². The molecular weight excluding hydrogens is 434 g/mol. The summed E-state index contributed by atoms with van der Waals surface area (Å²) in [5.74, 6) is -0.568. The maximum Gasteiger partial charge on any atom is 0.229 e. The van der Waals surface area contributed by atoms with Gasteiger partial charge in [-0.25, -0.2) is 0 Å². The van der Waals surface area contributed by atoms with Gasteiger partial charge in [-0.05, 0) is 69.6 Å². The maximum absolute atomic E-state index is 12.6. The van der Waals surface area contributed by atoms with Crippen LogP contribution < -0.4 is 11.1 Å². The minimum absolute atomic E-state index is 0.0201. The second-order valence-electron chi connectivity index (χ2n) is 11.1. The largest absolute Gasteiger partial charge is 0.392 e. The number of nitrogens with two attached hydrogens (primary N) is 1. The third-order valence-corrected chi connectivity index (χ3v) is 8.00. The van der Waals surface area contributed by atoms with E-state index < -0.39 is 12.0 Å². The highest BCUT2D eigenvalue weighted by Gasteiger charge is 2.39. The van der Waals surface area contributed by atoms with E-state index in [0.717, 1.165) is 32.1 Å². The molecule has 3 aliphatic rings. The molecular formula is C26H43N3O5. The number of hydrogen-bond donors (Lipinski definition) is 3. The first-order valence-corrected chi connectivity index (χ1v) is 13.2. The summed E-state index contributed by atoms with van der Waals surface area (Å²) in [6.45, 7) is 4.34. The van der Waals surface area contributed by atoms with Gasteiger partial charge >= 0.3 is 0 Å². The molecule has 34 heavy (non-hydrogen) atoms. The molecule has 2 saturated carbocycles. The van der Waals surface area contributed by atoms with Gasteiger partial charge in [0.2, 0.25) is 17.7 Å². The molecule has 2 aliphatic carbocycles. The Kier molecular flexibility index (Phi) is 9.65. The molecule has 4 N–H and O–H groups in total. The summed E-state index contributed by atoms with van der Waals surface area (Å²) in [5, 5.41) is 13.8. The summed E-state index contributed by atoms with van der Waals surface area (Å²) in [7, 11) is 0. The van der Waals surface area contributed by atoms with Gasteiger partial charge in [0.15, 0.2) is 0 Å². The van der Waals surface area contributed by atoms with Crippen molar-refractivity contribution in [2.24, 2.45) is 29.4 Å². The number of hydrogen-bond acceptors (Lipinski definition) is 6. The van der Waals surface area contributed by atoms with E-state index in [9.17, 15) is 24.3 Å². The van der Waals surface area contributed by atoms with Crippen LogP contribution in [0.5, 0.6) is 0 Å². The van der Waals surface area contributed by atoms with E-state index in [1.54, 1.807) is 0 Å². The molecule has 0 spiro atoms. The van der Waals surface area contributed by atoms with E-state index in [4.69, 9.17) is 5.73 Å². The lowest BCUT2D eigenvalue weighted by atomic mass is 9.71. The second kappa shape index (κ2) is 12.2. The number of aliphatic hydroxyl groups is 1. The molecule has 8 heteroatoms. The lowest BCUT2D eigenvalue weighted by molar-refractivity contribution is -0.150. The Balaban J connectivity index is 1.36. The summed E-state index contributed by atoms with van der Waals surface area (Å²) >= 11 is 0. The molecule has 192 valence electrons. The number of rotatable bonds is 9. The highest BCUT2D eigenvalue weighted by atomic mass is 16.3. The molecule has 1 aliphatic heterocycles. The van der Waals surface area contributed by atoms with Crippen LogP contribution in [0.15, 0.2) is 0 Å². The molecule has 0 bridgehead atoms. The number of unbranched alkanes of at least 4 members (excludes halogenated alkanes) is 1. The molecule has 8 nitrogen and oxygen atoms in total. The maximum atomic E-state index is 12.6. The van der Waals surface area contributed by atoms with Gasteiger partial charge in [-0.3, -0.25) is 24.1 Å². The van der Waals surface area contributed by atoms with E-state index in [0.29, 0.717) is 44.6 Å². The Morgan fingerprint density at radius 1 is 1.06 bits per heavy atom. The fraction of sp³-hybridized carbons (Fsp3) is 0.846. The first-order valence-electron chi connectivity index (χ1n) is 13.2. The van der Waals surface area contributed by atoms with Gasteiger partial charge < -0.3 is 16.2 Å². The van der Waals surface area contributed by atoms with Crippen LogP contribution in [-0.2, 0) is 19.2 Å².